The van der Waals surface area contributed by atoms with Crippen LogP contribution in [0.1, 0.15) is 38.5 Å². The quantitative estimate of drug-likeness (QED) is 0.422. The standard InChI is InChI=1S/C21H30ClN7OS/c1-30-18-9-8-15(10-17(18)22)26-21-28-19(24-12-16-11-23-13-31-16)27-20(29-21)25-14-6-4-2-3-5-7-14/h8-10,14,16,23H,2-7,11-13H2,1H3,(H3,24,25,26,27,28,29). The Labute approximate surface area is 192 Å². The van der Waals surface area contributed by atoms with E-state index in [4.69, 9.17) is 16.3 Å². The van der Waals surface area contributed by atoms with Crippen molar-refractivity contribution in [2.75, 3.05) is 42.0 Å². The molecule has 1 unspecified atom stereocenters. The number of halogens is 1. The number of nitrogens with one attached hydrogen (secondary N) is 4. The van der Waals surface area contributed by atoms with Crippen molar-refractivity contribution < 1.29 is 4.74 Å². The van der Waals surface area contributed by atoms with Gasteiger partial charge in [-0.15, -0.1) is 11.8 Å². The highest BCUT2D eigenvalue weighted by Gasteiger charge is 2.18. The van der Waals surface area contributed by atoms with Crippen molar-refractivity contribution in [2.45, 2.75) is 49.8 Å². The number of nitrogens with zero attached hydrogens (tertiary/aromatic N) is 3. The second-order valence-corrected chi connectivity index (χ2v) is 9.58. The summed E-state index contributed by atoms with van der Waals surface area (Å²) in [6.45, 7) is 1.80. The predicted octanol–water partition coefficient (Wildman–Crippen LogP) is 4.49. The molecule has 2 aromatic rings. The highest BCUT2D eigenvalue weighted by Crippen LogP contribution is 2.29. The van der Waals surface area contributed by atoms with Gasteiger partial charge in [-0.05, 0) is 31.0 Å². The fraction of sp³-hybridized carbons (Fsp3) is 0.571. The lowest BCUT2D eigenvalue weighted by atomic mass is 10.1. The van der Waals surface area contributed by atoms with E-state index in [0.717, 1.165) is 37.5 Å². The lowest BCUT2D eigenvalue weighted by Gasteiger charge is -2.18. The van der Waals surface area contributed by atoms with Crippen molar-refractivity contribution in [3.8, 4) is 5.75 Å². The van der Waals surface area contributed by atoms with Gasteiger partial charge in [0.1, 0.15) is 5.75 Å². The highest BCUT2D eigenvalue weighted by atomic mass is 35.5. The zero-order valence-electron chi connectivity index (χ0n) is 17.8. The smallest absolute Gasteiger partial charge is 0.233 e. The molecule has 10 heteroatoms. The van der Waals surface area contributed by atoms with Crippen LogP contribution in [0.4, 0.5) is 23.5 Å². The SMILES string of the molecule is COc1ccc(Nc2nc(NCC3CNCS3)nc(NC3CCCCCC3)n2)cc1Cl. The molecule has 2 aliphatic rings. The molecule has 1 aliphatic heterocycles. The van der Waals surface area contributed by atoms with E-state index in [0.29, 0.717) is 39.9 Å². The zero-order valence-corrected chi connectivity index (χ0v) is 19.4. The third-order valence-electron chi connectivity index (χ3n) is 5.51. The van der Waals surface area contributed by atoms with Gasteiger partial charge in [0.2, 0.25) is 17.8 Å². The average molecular weight is 464 g/mol. The van der Waals surface area contributed by atoms with Gasteiger partial charge in [0.05, 0.1) is 12.1 Å². The Morgan fingerprint density at radius 2 is 1.87 bits per heavy atom. The van der Waals surface area contributed by atoms with Crippen molar-refractivity contribution >= 4 is 46.9 Å². The maximum atomic E-state index is 6.27. The van der Waals surface area contributed by atoms with Gasteiger partial charge in [-0.3, -0.25) is 0 Å². The summed E-state index contributed by atoms with van der Waals surface area (Å²) in [7, 11) is 1.60. The first-order valence-electron chi connectivity index (χ1n) is 10.9. The number of rotatable bonds is 8. The first kappa shape index (κ1) is 22.2. The first-order valence-corrected chi connectivity index (χ1v) is 12.3. The molecule has 0 amide bonds. The fourth-order valence-corrected chi connectivity index (χ4v) is 5.01. The third kappa shape index (κ3) is 6.51. The van der Waals surface area contributed by atoms with Crippen molar-refractivity contribution in [2.24, 2.45) is 0 Å². The van der Waals surface area contributed by atoms with Crippen LogP contribution in [0.25, 0.3) is 0 Å². The summed E-state index contributed by atoms with van der Waals surface area (Å²) in [6.07, 6.45) is 7.40. The van der Waals surface area contributed by atoms with Crippen LogP contribution in [-0.2, 0) is 0 Å². The first-order chi connectivity index (χ1) is 15.2. The molecule has 1 saturated carbocycles. The number of thioether (sulfide) groups is 1. The van der Waals surface area contributed by atoms with Gasteiger partial charge in [0.25, 0.3) is 0 Å². The van der Waals surface area contributed by atoms with Crippen LogP contribution in [0.3, 0.4) is 0 Å². The number of anilines is 4. The monoisotopic (exact) mass is 463 g/mol. The summed E-state index contributed by atoms with van der Waals surface area (Å²) in [5.41, 5.74) is 0.791. The minimum absolute atomic E-state index is 0.399. The molecular weight excluding hydrogens is 434 g/mol. The molecule has 168 valence electrons. The van der Waals surface area contributed by atoms with E-state index in [1.807, 2.05) is 23.9 Å². The van der Waals surface area contributed by atoms with Crippen molar-refractivity contribution in [3.63, 3.8) is 0 Å². The molecule has 2 heterocycles. The summed E-state index contributed by atoms with van der Waals surface area (Å²) >= 11 is 8.18. The molecule has 1 aromatic carbocycles. The summed E-state index contributed by atoms with van der Waals surface area (Å²) in [4.78, 5) is 13.9. The normalized spacial score (nSPS) is 19.6. The lowest BCUT2D eigenvalue weighted by Crippen LogP contribution is -2.24. The molecule has 31 heavy (non-hydrogen) atoms. The molecule has 0 bridgehead atoms. The summed E-state index contributed by atoms with van der Waals surface area (Å²) < 4.78 is 5.24. The Bertz CT molecular complexity index is 858. The van der Waals surface area contributed by atoms with Gasteiger partial charge < -0.3 is 26.0 Å². The lowest BCUT2D eigenvalue weighted by molar-refractivity contribution is 0.415. The summed E-state index contributed by atoms with van der Waals surface area (Å²) in [5, 5.41) is 14.6. The number of ether oxygens (including phenoxy) is 1. The zero-order chi connectivity index (χ0) is 21.5. The molecule has 1 aromatic heterocycles. The molecule has 1 atom stereocenters. The Morgan fingerprint density at radius 1 is 1.10 bits per heavy atom. The van der Waals surface area contributed by atoms with Crippen LogP contribution >= 0.6 is 23.4 Å². The van der Waals surface area contributed by atoms with Crippen molar-refractivity contribution in [1.29, 1.82) is 0 Å². The molecule has 4 rings (SSSR count). The fourth-order valence-electron chi connectivity index (χ4n) is 3.85. The van der Waals surface area contributed by atoms with E-state index in [2.05, 4.69) is 36.2 Å². The van der Waals surface area contributed by atoms with Crippen LogP contribution in [0.2, 0.25) is 5.02 Å². The van der Waals surface area contributed by atoms with E-state index in [1.165, 1.54) is 25.7 Å². The van der Waals surface area contributed by atoms with Gasteiger partial charge in [-0.2, -0.15) is 15.0 Å². The molecule has 1 aliphatic carbocycles. The summed E-state index contributed by atoms with van der Waals surface area (Å²) in [5.74, 6) is 3.27. The number of methoxy groups -OCH3 is 1. The maximum absolute atomic E-state index is 6.27. The maximum Gasteiger partial charge on any atom is 0.233 e. The number of aromatic nitrogens is 3. The average Bonchev–Trinajstić information content (AvgIpc) is 3.16. The Balaban J connectivity index is 1.51. The van der Waals surface area contributed by atoms with Gasteiger partial charge >= 0.3 is 0 Å². The van der Waals surface area contributed by atoms with E-state index in [-0.39, 0.29) is 0 Å². The number of hydrogen-bond donors (Lipinski definition) is 4. The van der Waals surface area contributed by atoms with E-state index < -0.39 is 0 Å². The molecular formula is C21H30ClN7OS. The van der Waals surface area contributed by atoms with Crippen LogP contribution < -0.4 is 26.0 Å². The minimum atomic E-state index is 0.399. The molecule has 0 radical (unpaired) electrons. The second-order valence-electron chi connectivity index (χ2n) is 7.88. The van der Waals surface area contributed by atoms with Gasteiger partial charge in [-0.25, -0.2) is 0 Å². The van der Waals surface area contributed by atoms with Crippen LogP contribution in [0.5, 0.6) is 5.75 Å². The minimum Gasteiger partial charge on any atom is -0.495 e. The topological polar surface area (TPSA) is 96.0 Å². The number of hydrogen-bond acceptors (Lipinski definition) is 9. The van der Waals surface area contributed by atoms with Gasteiger partial charge in [-0.1, -0.05) is 37.3 Å². The second kappa shape index (κ2) is 11.1. The Hall–Kier alpha value is -1.97. The number of benzene rings is 1. The Morgan fingerprint density at radius 3 is 2.58 bits per heavy atom. The Kier molecular flexibility index (Phi) is 7.93. The van der Waals surface area contributed by atoms with Gasteiger partial charge in [0, 0.05) is 35.9 Å². The molecule has 0 spiro atoms. The molecule has 4 N–H and O–H groups in total. The van der Waals surface area contributed by atoms with Crippen molar-refractivity contribution in [1.82, 2.24) is 20.3 Å². The third-order valence-corrected chi connectivity index (χ3v) is 6.98. The van der Waals surface area contributed by atoms with E-state index >= 15 is 0 Å². The van der Waals surface area contributed by atoms with Gasteiger partial charge in [0.15, 0.2) is 0 Å². The largest absolute Gasteiger partial charge is 0.495 e. The van der Waals surface area contributed by atoms with Crippen LogP contribution in [-0.4, -0.2) is 52.3 Å². The van der Waals surface area contributed by atoms with Crippen LogP contribution in [0.15, 0.2) is 18.2 Å². The van der Waals surface area contributed by atoms with Crippen molar-refractivity contribution in [3.05, 3.63) is 23.2 Å². The molecule has 8 nitrogen and oxygen atoms in total. The summed E-state index contributed by atoms with van der Waals surface area (Å²) in [6, 6.07) is 5.91. The van der Waals surface area contributed by atoms with E-state index in [1.54, 1.807) is 13.2 Å². The highest BCUT2D eigenvalue weighted by molar-refractivity contribution is 8.00. The van der Waals surface area contributed by atoms with Crippen LogP contribution in [0, 0.1) is 0 Å². The van der Waals surface area contributed by atoms with E-state index in [9.17, 15) is 0 Å². The molecule has 1 saturated heterocycles. The molecule has 2 fully saturated rings. The predicted molar refractivity (Wildman–Crippen MR) is 129 cm³/mol.